The molecule has 0 unspecified atom stereocenters. The van der Waals surface area contributed by atoms with Crippen molar-refractivity contribution >= 4 is 28.4 Å². The molecule has 2 nitrogen and oxygen atoms in total. The highest BCUT2D eigenvalue weighted by Crippen LogP contribution is 2.29. The van der Waals surface area contributed by atoms with Crippen LogP contribution in [0.5, 0.6) is 0 Å². The van der Waals surface area contributed by atoms with Crippen LogP contribution in [0.4, 0.5) is 8.78 Å². The number of aryl methyl sites for hydroxylation is 1. The molecule has 0 aliphatic rings. The topological polar surface area (TPSA) is 30.2 Å². The Balaban J connectivity index is 2.13. The molecule has 0 radical (unpaired) electrons. The Morgan fingerprint density at radius 2 is 1.86 bits per heavy atom. The molecule has 2 aromatic carbocycles. The Labute approximate surface area is 123 Å². The maximum atomic E-state index is 13.2. The average molecular weight is 307 g/mol. The van der Waals surface area contributed by atoms with Crippen LogP contribution in [0, 0.1) is 18.6 Å². The fourth-order valence-electron chi connectivity index (χ4n) is 2.18. The third-order valence-corrected chi connectivity index (χ3v) is 3.52. The van der Waals surface area contributed by atoms with Crippen LogP contribution in [0.2, 0.25) is 5.02 Å². The molecule has 3 rings (SSSR count). The van der Waals surface area contributed by atoms with E-state index in [9.17, 15) is 13.6 Å². The number of ketones is 1. The molecule has 1 heterocycles. The van der Waals surface area contributed by atoms with E-state index in [1.165, 1.54) is 6.07 Å². The number of rotatable bonds is 2. The summed E-state index contributed by atoms with van der Waals surface area (Å²) in [5.41, 5.74) is 1.16. The van der Waals surface area contributed by atoms with Gasteiger partial charge in [0.15, 0.2) is 17.4 Å². The summed E-state index contributed by atoms with van der Waals surface area (Å²) in [6, 6.07) is 8.00. The molecule has 0 amide bonds. The molecular formula is C16H9ClF2O2. The summed E-state index contributed by atoms with van der Waals surface area (Å²) in [6.45, 7) is 1.72. The average Bonchev–Trinajstić information content (AvgIpc) is 2.78. The van der Waals surface area contributed by atoms with Crippen molar-refractivity contribution in [1.29, 1.82) is 0 Å². The molecule has 0 N–H and O–H groups in total. The van der Waals surface area contributed by atoms with Crippen molar-refractivity contribution in [3.63, 3.8) is 0 Å². The van der Waals surface area contributed by atoms with E-state index in [0.29, 0.717) is 21.6 Å². The minimum Gasteiger partial charge on any atom is -0.452 e. The number of furan rings is 1. The van der Waals surface area contributed by atoms with E-state index in [1.54, 1.807) is 25.1 Å². The summed E-state index contributed by atoms with van der Waals surface area (Å²) < 4.78 is 31.7. The molecule has 0 saturated heterocycles. The molecule has 0 bridgehead atoms. The van der Waals surface area contributed by atoms with E-state index in [1.807, 2.05) is 0 Å². The molecule has 0 atom stereocenters. The maximum absolute atomic E-state index is 13.2. The molecule has 21 heavy (non-hydrogen) atoms. The Bertz CT molecular complexity index is 868. The Morgan fingerprint density at radius 3 is 2.57 bits per heavy atom. The summed E-state index contributed by atoms with van der Waals surface area (Å²) in [6.07, 6.45) is 0. The van der Waals surface area contributed by atoms with E-state index in [-0.39, 0.29) is 11.3 Å². The van der Waals surface area contributed by atoms with Crippen LogP contribution in [-0.4, -0.2) is 5.78 Å². The molecule has 0 aliphatic carbocycles. The number of carbonyl (C=O) groups is 1. The van der Waals surface area contributed by atoms with Gasteiger partial charge >= 0.3 is 0 Å². The minimum absolute atomic E-state index is 0.0298. The summed E-state index contributed by atoms with van der Waals surface area (Å²) in [4.78, 5) is 12.4. The molecule has 0 saturated carbocycles. The first-order chi connectivity index (χ1) is 9.97. The fraction of sp³-hybridized carbons (Fsp3) is 0.0625. The van der Waals surface area contributed by atoms with Crippen molar-refractivity contribution in [1.82, 2.24) is 0 Å². The zero-order chi connectivity index (χ0) is 15.1. The van der Waals surface area contributed by atoms with Crippen molar-refractivity contribution in [3.8, 4) is 0 Å². The van der Waals surface area contributed by atoms with Gasteiger partial charge in [0.2, 0.25) is 5.78 Å². The standard InChI is InChI=1S/C16H9ClF2O2/c1-8-11-7-10(17)3-5-14(11)21-16(8)15(20)9-2-4-12(18)13(19)6-9/h2-7H,1H3. The van der Waals surface area contributed by atoms with Crippen molar-refractivity contribution in [2.24, 2.45) is 0 Å². The van der Waals surface area contributed by atoms with Crippen LogP contribution in [0.15, 0.2) is 40.8 Å². The molecule has 5 heteroatoms. The lowest BCUT2D eigenvalue weighted by Gasteiger charge is -2.00. The molecule has 0 aliphatic heterocycles. The smallest absolute Gasteiger partial charge is 0.228 e. The van der Waals surface area contributed by atoms with Crippen molar-refractivity contribution in [3.05, 3.63) is 69.9 Å². The van der Waals surface area contributed by atoms with E-state index >= 15 is 0 Å². The summed E-state index contributed by atoms with van der Waals surface area (Å²) in [5.74, 6) is -2.48. The first kappa shape index (κ1) is 13.8. The monoisotopic (exact) mass is 306 g/mol. The SMILES string of the molecule is Cc1c(C(=O)c2ccc(F)c(F)c2)oc2ccc(Cl)cc12. The van der Waals surface area contributed by atoms with Crippen molar-refractivity contribution in [2.75, 3.05) is 0 Å². The Hall–Kier alpha value is -2.20. The van der Waals surface area contributed by atoms with E-state index in [2.05, 4.69) is 0 Å². The first-order valence-corrected chi connectivity index (χ1v) is 6.53. The number of fused-ring (bicyclic) bond motifs is 1. The molecule has 1 aromatic heterocycles. The number of carbonyl (C=O) groups excluding carboxylic acids is 1. The van der Waals surface area contributed by atoms with Crippen LogP contribution >= 0.6 is 11.6 Å². The van der Waals surface area contributed by atoms with Gasteiger partial charge in [-0.25, -0.2) is 8.78 Å². The number of hydrogen-bond acceptors (Lipinski definition) is 2. The highest BCUT2D eigenvalue weighted by Gasteiger charge is 2.20. The third-order valence-electron chi connectivity index (χ3n) is 3.29. The summed E-state index contributed by atoms with van der Waals surface area (Å²) in [5, 5.41) is 1.24. The Morgan fingerprint density at radius 1 is 1.10 bits per heavy atom. The highest BCUT2D eigenvalue weighted by molar-refractivity contribution is 6.31. The molecule has 0 spiro atoms. The van der Waals surface area contributed by atoms with Crippen molar-refractivity contribution < 1.29 is 18.0 Å². The van der Waals surface area contributed by atoms with Crippen LogP contribution in [0.1, 0.15) is 21.7 Å². The fourth-order valence-corrected chi connectivity index (χ4v) is 2.35. The van der Waals surface area contributed by atoms with Gasteiger partial charge in [-0.05, 0) is 43.3 Å². The van der Waals surface area contributed by atoms with Crippen LogP contribution in [-0.2, 0) is 0 Å². The van der Waals surface area contributed by atoms with E-state index in [4.69, 9.17) is 16.0 Å². The van der Waals surface area contributed by atoms with E-state index in [0.717, 1.165) is 12.1 Å². The molecule has 106 valence electrons. The van der Waals surface area contributed by atoms with Gasteiger partial charge in [-0.3, -0.25) is 4.79 Å². The zero-order valence-electron chi connectivity index (χ0n) is 10.9. The summed E-state index contributed by atoms with van der Waals surface area (Å²) in [7, 11) is 0. The lowest BCUT2D eigenvalue weighted by molar-refractivity contribution is 0.101. The molecule has 0 fully saturated rings. The quantitative estimate of drug-likeness (QED) is 0.630. The lowest BCUT2D eigenvalue weighted by Crippen LogP contribution is -2.02. The van der Waals surface area contributed by atoms with Gasteiger partial charge in [0.05, 0.1) is 0 Å². The lowest BCUT2D eigenvalue weighted by atomic mass is 10.0. The van der Waals surface area contributed by atoms with Gasteiger partial charge in [0.1, 0.15) is 5.58 Å². The predicted octanol–water partition coefficient (Wildman–Crippen LogP) is 4.90. The second-order valence-electron chi connectivity index (χ2n) is 4.65. The zero-order valence-corrected chi connectivity index (χ0v) is 11.7. The normalized spacial score (nSPS) is 11.0. The second-order valence-corrected chi connectivity index (χ2v) is 5.09. The van der Waals surface area contributed by atoms with Gasteiger partial charge in [0, 0.05) is 21.5 Å². The first-order valence-electron chi connectivity index (χ1n) is 6.16. The number of benzene rings is 2. The van der Waals surface area contributed by atoms with Crippen LogP contribution in [0.25, 0.3) is 11.0 Å². The Kier molecular flexibility index (Phi) is 3.26. The van der Waals surface area contributed by atoms with Gasteiger partial charge in [-0.2, -0.15) is 0 Å². The highest BCUT2D eigenvalue weighted by atomic mass is 35.5. The van der Waals surface area contributed by atoms with Gasteiger partial charge in [-0.15, -0.1) is 0 Å². The van der Waals surface area contributed by atoms with E-state index < -0.39 is 17.4 Å². The van der Waals surface area contributed by atoms with Gasteiger partial charge < -0.3 is 4.42 Å². The van der Waals surface area contributed by atoms with Crippen molar-refractivity contribution in [2.45, 2.75) is 6.92 Å². The maximum Gasteiger partial charge on any atom is 0.228 e. The number of halogens is 3. The largest absolute Gasteiger partial charge is 0.452 e. The van der Waals surface area contributed by atoms with Gasteiger partial charge in [0.25, 0.3) is 0 Å². The third kappa shape index (κ3) is 2.32. The van der Waals surface area contributed by atoms with Gasteiger partial charge in [-0.1, -0.05) is 11.6 Å². The summed E-state index contributed by atoms with van der Waals surface area (Å²) >= 11 is 5.92. The minimum atomic E-state index is -1.07. The number of hydrogen-bond donors (Lipinski definition) is 0. The van der Waals surface area contributed by atoms with Crippen LogP contribution in [0.3, 0.4) is 0 Å². The molecular weight excluding hydrogens is 298 g/mol. The van der Waals surface area contributed by atoms with Crippen LogP contribution < -0.4 is 0 Å². The molecule has 3 aromatic rings. The predicted molar refractivity (Wildman–Crippen MR) is 75.8 cm³/mol. The second kappa shape index (κ2) is 4.97.